The molecule has 2 aromatic carbocycles. The molecule has 0 radical (unpaired) electrons. The Morgan fingerprint density at radius 3 is 2.32 bits per heavy atom. The third kappa shape index (κ3) is 5.20. The summed E-state index contributed by atoms with van der Waals surface area (Å²) in [5.41, 5.74) is -0.222. The molecule has 2 fully saturated rings. The number of nitrogens with one attached hydrogen (secondary N) is 2. The van der Waals surface area contributed by atoms with Crippen LogP contribution in [0.25, 0.3) is 5.57 Å². The number of halogens is 5. The molecular formula is C29H29F5N3O3P. The third-order valence-corrected chi connectivity index (χ3v) is 10.7. The van der Waals surface area contributed by atoms with Crippen molar-refractivity contribution in [3.8, 4) is 0 Å². The summed E-state index contributed by atoms with van der Waals surface area (Å²) < 4.78 is 83.4. The molecule has 3 aliphatic rings. The quantitative estimate of drug-likeness (QED) is 0.291. The molecule has 1 saturated heterocycles. The summed E-state index contributed by atoms with van der Waals surface area (Å²) in [7, 11) is -3.14. The van der Waals surface area contributed by atoms with Crippen LogP contribution in [-0.2, 0) is 15.5 Å². The van der Waals surface area contributed by atoms with Gasteiger partial charge in [0.2, 0.25) is 5.91 Å². The van der Waals surface area contributed by atoms with E-state index >= 15 is 4.39 Å². The van der Waals surface area contributed by atoms with E-state index in [4.69, 9.17) is 0 Å². The zero-order chi connectivity index (χ0) is 29.7. The summed E-state index contributed by atoms with van der Waals surface area (Å²) >= 11 is 0. The molecule has 12 heteroatoms. The minimum absolute atomic E-state index is 0.0731. The lowest BCUT2D eigenvalue weighted by molar-refractivity contribution is -0.137. The van der Waals surface area contributed by atoms with Gasteiger partial charge in [0.1, 0.15) is 11.9 Å². The van der Waals surface area contributed by atoms with Crippen LogP contribution in [-0.4, -0.2) is 54.1 Å². The zero-order valence-corrected chi connectivity index (χ0v) is 23.2. The number of hydrogen-bond donors (Lipinski definition) is 2. The first-order valence-corrected chi connectivity index (χ1v) is 15.8. The van der Waals surface area contributed by atoms with Gasteiger partial charge in [0, 0.05) is 6.54 Å². The van der Waals surface area contributed by atoms with Crippen LogP contribution >= 0.6 is 7.14 Å². The van der Waals surface area contributed by atoms with Gasteiger partial charge in [0.15, 0.2) is 6.17 Å². The highest BCUT2D eigenvalue weighted by atomic mass is 31.2. The molecule has 2 unspecified atom stereocenters. The highest BCUT2D eigenvalue weighted by Crippen LogP contribution is 2.71. The smallest absolute Gasteiger partial charge is 0.326 e. The average Bonchev–Trinajstić information content (AvgIpc) is 3.68. The Hall–Kier alpha value is -3.46. The maximum Gasteiger partial charge on any atom is 0.416 e. The van der Waals surface area contributed by atoms with E-state index in [1.165, 1.54) is 11.0 Å². The van der Waals surface area contributed by atoms with Crippen LogP contribution < -0.4 is 10.6 Å². The van der Waals surface area contributed by atoms with Gasteiger partial charge in [-0.25, -0.2) is 13.6 Å². The van der Waals surface area contributed by atoms with E-state index in [1.807, 2.05) is 30.3 Å². The molecule has 1 saturated carbocycles. The molecular weight excluding hydrogens is 564 g/mol. The fourth-order valence-corrected chi connectivity index (χ4v) is 8.65. The first kappa shape index (κ1) is 29.0. The van der Waals surface area contributed by atoms with Crippen molar-refractivity contribution in [2.24, 2.45) is 5.92 Å². The molecule has 0 spiro atoms. The van der Waals surface area contributed by atoms with E-state index in [1.54, 1.807) is 19.4 Å². The topological polar surface area (TPSA) is 78.5 Å². The molecule has 0 aromatic heterocycles. The van der Waals surface area contributed by atoms with Crippen molar-refractivity contribution in [1.82, 2.24) is 10.2 Å². The number of carbonyl (C=O) groups excluding carboxylic acids is 2. The molecule has 2 aliphatic carbocycles. The van der Waals surface area contributed by atoms with Gasteiger partial charge in [-0.05, 0) is 73.9 Å². The average molecular weight is 594 g/mol. The molecule has 3 amide bonds. The van der Waals surface area contributed by atoms with Crippen molar-refractivity contribution in [3.05, 3.63) is 83.3 Å². The maximum atomic E-state index is 16.9. The first-order chi connectivity index (χ1) is 19.2. The van der Waals surface area contributed by atoms with Crippen molar-refractivity contribution in [1.29, 1.82) is 0 Å². The SMILES string of the molecule is CP(C)(=O)C1(C2CC2)C(c2ccccc2)=CC=C(N2CC[C@@H](NC(=O)Nc3ccc(C(F)(F)F)cc3F)C2=O)C1F. The molecule has 41 heavy (non-hydrogen) atoms. The number of hydrogen-bond acceptors (Lipinski definition) is 3. The summed E-state index contributed by atoms with van der Waals surface area (Å²) in [5.74, 6) is -2.04. The molecule has 5 rings (SSSR count). The van der Waals surface area contributed by atoms with Gasteiger partial charge in [-0.2, -0.15) is 13.2 Å². The van der Waals surface area contributed by atoms with Crippen LogP contribution in [0.4, 0.5) is 32.4 Å². The largest absolute Gasteiger partial charge is 0.416 e. The highest BCUT2D eigenvalue weighted by Gasteiger charge is 2.63. The van der Waals surface area contributed by atoms with Gasteiger partial charge >= 0.3 is 12.2 Å². The van der Waals surface area contributed by atoms with E-state index in [2.05, 4.69) is 10.6 Å². The monoisotopic (exact) mass is 593 g/mol. The Morgan fingerprint density at radius 2 is 1.73 bits per heavy atom. The maximum absolute atomic E-state index is 16.9. The molecule has 2 N–H and O–H groups in total. The van der Waals surface area contributed by atoms with Crippen molar-refractivity contribution in [3.63, 3.8) is 0 Å². The Kier molecular flexibility index (Phi) is 7.39. The van der Waals surface area contributed by atoms with E-state index in [0.717, 1.165) is 11.6 Å². The summed E-state index contributed by atoms with van der Waals surface area (Å²) in [6.07, 6.45) is -1.68. The standard InChI is InChI=1S/C29H29F5N3O3P/c1-41(2,40)28(18-8-9-18)20(17-6-4-3-5-7-17)11-13-24(25(28)31)37-15-14-23(26(37)38)36-27(39)35-22-12-10-19(16-21(22)30)29(32,33)34/h3-7,10-13,16,18,23,25H,8-9,14-15H2,1-2H3,(H2,35,36,39)/t23-,25?,28?/m1/s1. The number of rotatable bonds is 6. The number of urea groups is 1. The summed E-state index contributed by atoms with van der Waals surface area (Å²) in [5, 5.41) is 3.21. The number of alkyl halides is 4. The van der Waals surface area contributed by atoms with E-state index in [-0.39, 0.29) is 30.6 Å². The molecule has 6 nitrogen and oxygen atoms in total. The lowest BCUT2D eigenvalue weighted by Gasteiger charge is -2.46. The molecule has 1 heterocycles. The van der Waals surface area contributed by atoms with Crippen molar-refractivity contribution < 1.29 is 36.1 Å². The second kappa shape index (κ2) is 10.4. The first-order valence-electron chi connectivity index (χ1n) is 13.2. The minimum Gasteiger partial charge on any atom is -0.326 e. The van der Waals surface area contributed by atoms with Gasteiger partial charge in [-0.3, -0.25) is 4.79 Å². The summed E-state index contributed by atoms with van der Waals surface area (Å²) in [6.45, 7) is 3.24. The Balaban J connectivity index is 1.37. The van der Waals surface area contributed by atoms with Gasteiger partial charge < -0.3 is 20.1 Å². The van der Waals surface area contributed by atoms with Gasteiger partial charge in [0.05, 0.1) is 29.2 Å². The molecule has 2 aromatic rings. The lowest BCUT2D eigenvalue weighted by atomic mass is 9.79. The number of likely N-dealkylation sites (tertiary alicyclic amines) is 1. The number of nitrogens with zero attached hydrogens (tertiary/aromatic N) is 1. The highest BCUT2D eigenvalue weighted by molar-refractivity contribution is 7.64. The molecule has 1 aliphatic heterocycles. The number of amides is 3. The van der Waals surface area contributed by atoms with Crippen LogP contribution in [0.5, 0.6) is 0 Å². The Labute approximate surface area is 234 Å². The van der Waals surface area contributed by atoms with Crippen molar-refractivity contribution in [2.45, 2.75) is 42.8 Å². The van der Waals surface area contributed by atoms with Crippen LogP contribution in [0, 0.1) is 11.7 Å². The van der Waals surface area contributed by atoms with Crippen LogP contribution in [0.1, 0.15) is 30.4 Å². The van der Waals surface area contributed by atoms with Crippen molar-refractivity contribution in [2.75, 3.05) is 25.2 Å². The van der Waals surface area contributed by atoms with Crippen molar-refractivity contribution >= 4 is 30.3 Å². The lowest BCUT2D eigenvalue weighted by Crippen LogP contribution is -2.50. The fraction of sp³-hybridized carbons (Fsp3) is 0.379. The van der Waals surface area contributed by atoms with Gasteiger partial charge in [0.25, 0.3) is 0 Å². The summed E-state index contributed by atoms with van der Waals surface area (Å²) in [4.78, 5) is 27.1. The number of benzene rings is 2. The van der Waals surface area contributed by atoms with Crippen LogP contribution in [0.2, 0.25) is 0 Å². The molecule has 3 atom stereocenters. The van der Waals surface area contributed by atoms with Gasteiger partial charge in [-0.15, -0.1) is 0 Å². The predicted molar refractivity (Wildman–Crippen MR) is 146 cm³/mol. The second-order valence-corrected chi connectivity index (χ2v) is 14.4. The van der Waals surface area contributed by atoms with E-state index < -0.39 is 59.7 Å². The summed E-state index contributed by atoms with van der Waals surface area (Å²) in [6, 6.07) is 8.80. The molecule has 218 valence electrons. The van der Waals surface area contributed by atoms with Crippen LogP contribution in [0.15, 0.2) is 66.4 Å². The van der Waals surface area contributed by atoms with Gasteiger partial charge in [-0.1, -0.05) is 36.4 Å². The fourth-order valence-electron chi connectivity index (χ4n) is 6.05. The Bertz CT molecular complexity index is 1480. The number of anilines is 1. The molecule has 0 bridgehead atoms. The zero-order valence-electron chi connectivity index (χ0n) is 22.3. The number of allylic oxidation sites excluding steroid dienone is 4. The second-order valence-electron chi connectivity index (χ2n) is 11.0. The number of carbonyl (C=O) groups is 2. The van der Waals surface area contributed by atoms with E-state index in [9.17, 15) is 31.7 Å². The minimum atomic E-state index is -4.75. The Morgan fingerprint density at radius 1 is 1.05 bits per heavy atom. The third-order valence-electron chi connectivity index (χ3n) is 8.04. The van der Waals surface area contributed by atoms with Crippen LogP contribution in [0.3, 0.4) is 0 Å². The normalized spacial score (nSPS) is 25.0. The van der Waals surface area contributed by atoms with E-state index in [0.29, 0.717) is 24.5 Å². The predicted octanol–water partition coefficient (Wildman–Crippen LogP) is 6.66.